The van der Waals surface area contributed by atoms with E-state index in [1.807, 2.05) is 22.4 Å². The zero-order valence-corrected chi connectivity index (χ0v) is 15.7. The van der Waals surface area contributed by atoms with Gasteiger partial charge >= 0.3 is 0 Å². The molecule has 0 aliphatic carbocycles. The number of anilines is 2. The maximum Gasteiger partial charge on any atom is 0.264 e. The van der Waals surface area contributed by atoms with Gasteiger partial charge in [0, 0.05) is 45.0 Å². The highest BCUT2D eigenvalue weighted by molar-refractivity contribution is 7.12. The molecule has 0 N–H and O–H groups in total. The molecule has 2 saturated heterocycles. The SMILES string of the molecule is O=C(c1cccs1)N1CCN(c2ccc(N3CCCC3)cc2Cl)CC1. The Morgan fingerprint density at radius 1 is 0.960 bits per heavy atom. The zero-order valence-electron chi connectivity index (χ0n) is 14.2. The third kappa shape index (κ3) is 3.48. The van der Waals surface area contributed by atoms with Crippen LogP contribution in [0.25, 0.3) is 0 Å². The highest BCUT2D eigenvalue weighted by atomic mass is 35.5. The zero-order chi connectivity index (χ0) is 17.2. The molecule has 2 aliphatic heterocycles. The molecule has 6 heteroatoms. The Labute approximate surface area is 157 Å². The Morgan fingerprint density at radius 2 is 1.72 bits per heavy atom. The molecule has 2 aliphatic rings. The highest BCUT2D eigenvalue weighted by Crippen LogP contribution is 2.32. The quantitative estimate of drug-likeness (QED) is 0.812. The fraction of sp³-hybridized carbons (Fsp3) is 0.421. The van der Waals surface area contributed by atoms with Crippen LogP contribution in [0, 0.1) is 0 Å². The number of carbonyl (C=O) groups excluding carboxylic acids is 1. The van der Waals surface area contributed by atoms with Gasteiger partial charge in [0.05, 0.1) is 15.6 Å². The molecule has 3 heterocycles. The molecule has 25 heavy (non-hydrogen) atoms. The van der Waals surface area contributed by atoms with Gasteiger partial charge in [-0.2, -0.15) is 0 Å². The molecule has 0 atom stereocenters. The summed E-state index contributed by atoms with van der Waals surface area (Å²) in [4.78, 5) is 19.9. The summed E-state index contributed by atoms with van der Waals surface area (Å²) in [5, 5.41) is 2.76. The van der Waals surface area contributed by atoms with Crippen LogP contribution in [0.5, 0.6) is 0 Å². The second-order valence-corrected chi connectivity index (χ2v) is 7.94. The molecule has 4 rings (SSSR count). The van der Waals surface area contributed by atoms with Gasteiger partial charge < -0.3 is 14.7 Å². The van der Waals surface area contributed by atoms with Gasteiger partial charge in [-0.3, -0.25) is 4.79 Å². The topological polar surface area (TPSA) is 26.8 Å². The van der Waals surface area contributed by atoms with Gasteiger partial charge in [0.15, 0.2) is 0 Å². The van der Waals surface area contributed by atoms with E-state index in [9.17, 15) is 4.79 Å². The number of benzene rings is 1. The van der Waals surface area contributed by atoms with Crippen molar-refractivity contribution in [1.82, 2.24) is 4.90 Å². The van der Waals surface area contributed by atoms with Crippen molar-refractivity contribution in [1.29, 1.82) is 0 Å². The number of amides is 1. The first-order valence-corrected chi connectivity index (χ1v) is 10.1. The van der Waals surface area contributed by atoms with Crippen LogP contribution in [0.4, 0.5) is 11.4 Å². The molecule has 1 amide bonds. The first kappa shape index (κ1) is 16.7. The average Bonchev–Trinajstić information content (AvgIpc) is 3.35. The molecule has 2 aromatic rings. The van der Waals surface area contributed by atoms with Crippen LogP contribution >= 0.6 is 22.9 Å². The fourth-order valence-corrected chi connectivity index (χ4v) is 4.62. The molecule has 0 spiro atoms. The maximum absolute atomic E-state index is 12.4. The maximum atomic E-state index is 12.4. The summed E-state index contributed by atoms with van der Waals surface area (Å²) in [5.74, 6) is 0.144. The summed E-state index contributed by atoms with van der Waals surface area (Å²) in [6.07, 6.45) is 2.53. The van der Waals surface area contributed by atoms with Gasteiger partial charge in [-0.1, -0.05) is 17.7 Å². The molecule has 0 saturated carbocycles. The molecule has 132 valence electrons. The van der Waals surface area contributed by atoms with E-state index in [4.69, 9.17) is 11.6 Å². The minimum atomic E-state index is 0.144. The van der Waals surface area contributed by atoms with Gasteiger partial charge in [-0.05, 0) is 42.5 Å². The lowest BCUT2D eigenvalue weighted by molar-refractivity contribution is 0.0751. The van der Waals surface area contributed by atoms with Crippen molar-refractivity contribution < 1.29 is 4.79 Å². The minimum absolute atomic E-state index is 0.144. The fourth-order valence-electron chi connectivity index (χ4n) is 3.63. The Morgan fingerprint density at radius 3 is 2.36 bits per heavy atom. The van der Waals surface area contributed by atoms with Crippen molar-refractivity contribution in [3.05, 3.63) is 45.6 Å². The van der Waals surface area contributed by atoms with Gasteiger partial charge in [-0.25, -0.2) is 0 Å². The third-order valence-electron chi connectivity index (χ3n) is 5.04. The second kappa shape index (κ2) is 7.26. The number of carbonyl (C=O) groups is 1. The molecule has 0 unspecified atom stereocenters. The van der Waals surface area contributed by atoms with Crippen LogP contribution in [0.2, 0.25) is 5.02 Å². The summed E-state index contributed by atoms with van der Waals surface area (Å²) in [7, 11) is 0. The summed E-state index contributed by atoms with van der Waals surface area (Å²) in [6.45, 7) is 5.36. The summed E-state index contributed by atoms with van der Waals surface area (Å²) in [6, 6.07) is 10.2. The molecule has 1 aromatic heterocycles. The summed E-state index contributed by atoms with van der Waals surface area (Å²) < 4.78 is 0. The number of halogens is 1. The molecule has 0 bridgehead atoms. The van der Waals surface area contributed by atoms with Gasteiger partial charge in [-0.15, -0.1) is 11.3 Å². The molecular weight excluding hydrogens is 354 g/mol. The first-order chi connectivity index (χ1) is 12.2. The Hall–Kier alpha value is -1.72. The van der Waals surface area contributed by atoms with Crippen LogP contribution in [-0.4, -0.2) is 50.1 Å². The molecular formula is C19H22ClN3OS. The average molecular weight is 376 g/mol. The van der Waals surface area contributed by atoms with Crippen LogP contribution in [0.3, 0.4) is 0 Å². The van der Waals surface area contributed by atoms with E-state index in [0.717, 1.165) is 54.9 Å². The van der Waals surface area contributed by atoms with E-state index in [2.05, 4.69) is 28.0 Å². The van der Waals surface area contributed by atoms with Crippen LogP contribution in [-0.2, 0) is 0 Å². The standard InChI is InChI=1S/C19H22ClN3OS/c20-16-14-15(21-7-1-2-8-21)5-6-17(16)22-9-11-23(12-10-22)19(24)18-4-3-13-25-18/h3-6,13-14H,1-2,7-12H2. The number of hydrogen-bond donors (Lipinski definition) is 0. The number of hydrogen-bond acceptors (Lipinski definition) is 4. The van der Waals surface area contributed by atoms with Crippen molar-refractivity contribution in [2.24, 2.45) is 0 Å². The predicted octanol–water partition coefficient (Wildman–Crippen LogP) is 3.96. The molecule has 2 fully saturated rings. The smallest absolute Gasteiger partial charge is 0.264 e. The van der Waals surface area contributed by atoms with Crippen molar-refractivity contribution >= 4 is 40.2 Å². The van der Waals surface area contributed by atoms with Crippen molar-refractivity contribution in [3.8, 4) is 0 Å². The van der Waals surface area contributed by atoms with Crippen molar-refractivity contribution in [2.75, 3.05) is 49.1 Å². The van der Waals surface area contributed by atoms with Crippen molar-refractivity contribution in [2.45, 2.75) is 12.8 Å². The third-order valence-corrected chi connectivity index (χ3v) is 6.20. The monoisotopic (exact) mass is 375 g/mol. The lowest BCUT2D eigenvalue weighted by Gasteiger charge is -2.36. The summed E-state index contributed by atoms with van der Waals surface area (Å²) in [5.41, 5.74) is 2.30. The van der Waals surface area contributed by atoms with Crippen molar-refractivity contribution in [3.63, 3.8) is 0 Å². The van der Waals surface area contributed by atoms with Gasteiger partial charge in [0.25, 0.3) is 5.91 Å². The number of rotatable bonds is 3. The molecule has 4 nitrogen and oxygen atoms in total. The highest BCUT2D eigenvalue weighted by Gasteiger charge is 2.24. The Bertz CT molecular complexity index is 735. The lowest BCUT2D eigenvalue weighted by Crippen LogP contribution is -2.48. The van der Waals surface area contributed by atoms with E-state index < -0.39 is 0 Å². The van der Waals surface area contributed by atoms with Gasteiger partial charge in [0.2, 0.25) is 0 Å². The van der Waals surface area contributed by atoms with E-state index in [1.165, 1.54) is 29.9 Å². The lowest BCUT2D eigenvalue weighted by atomic mass is 10.2. The Kier molecular flexibility index (Phi) is 4.86. The van der Waals surface area contributed by atoms with E-state index >= 15 is 0 Å². The van der Waals surface area contributed by atoms with Crippen LogP contribution < -0.4 is 9.80 Å². The van der Waals surface area contributed by atoms with Gasteiger partial charge in [0.1, 0.15) is 0 Å². The number of thiophene rings is 1. The molecule has 1 aromatic carbocycles. The van der Waals surface area contributed by atoms with Crippen LogP contribution in [0.15, 0.2) is 35.7 Å². The minimum Gasteiger partial charge on any atom is -0.371 e. The first-order valence-electron chi connectivity index (χ1n) is 8.84. The normalized spacial score (nSPS) is 18.0. The number of piperazine rings is 1. The van der Waals surface area contributed by atoms with E-state index in [0.29, 0.717) is 0 Å². The van der Waals surface area contributed by atoms with E-state index in [-0.39, 0.29) is 5.91 Å². The Balaban J connectivity index is 1.41. The number of nitrogens with zero attached hydrogens (tertiary/aromatic N) is 3. The summed E-state index contributed by atoms with van der Waals surface area (Å²) >= 11 is 8.08. The second-order valence-electron chi connectivity index (χ2n) is 6.59. The predicted molar refractivity (Wildman–Crippen MR) is 105 cm³/mol. The van der Waals surface area contributed by atoms with Crippen LogP contribution in [0.1, 0.15) is 22.5 Å². The largest absolute Gasteiger partial charge is 0.371 e. The van der Waals surface area contributed by atoms with E-state index in [1.54, 1.807) is 0 Å². The molecule has 0 radical (unpaired) electrons.